The van der Waals surface area contributed by atoms with Crippen LogP contribution in [-0.2, 0) is 9.59 Å². The topological polar surface area (TPSA) is 88.5 Å². The number of nitrogens with zero attached hydrogens (tertiary/aromatic N) is 1. The summed E-state index contributed by atoms with van der Waals surface area (Å²) in [6.45, 7) is 5.79. The number of amides is 1. The number of aliphatic carboxylic acids is 1. The summed E-state index contributed by atoms with van der Waals surface area (Å²) in [7, 11) is 0. The van der Waals surface area contributed by atoms with Crippen LogP contribution in [-0.4, -0.2) is 34.1 Å². The lowest BCUT2D eigenvalue weighted by Crippen LogP contribution is -2.44. The first-order valence-electron chi connectivity index (χ1n) is 6.63. The van der Waals surface area contributed by atoms with Crippen molar-refractivity contribution in [1.82, 2.24) is 10.3 Å². The Balaban J connectivity index is 2.49. The van der Waals surface area contributed by atoms with E-state index in [2.05, 4.69) is 10.3 Å². The van der Waals surface area contributed by atoms with Crippen LogP contribution in [0.1, 0.15) is 32.9 Å². The molecule has 0 aliphatic rings. The van der Waals surface area contributed by atoms with Gasteiger partial charge in [0.1, 0.15) is 5.75 Å². The summed E-state index contributed by atoms with van der Waals surface area (Å²) in [4.78, 5) is 26.1. The number of carboxylic acid groups (broad SMARTS) is 1. The summed E-state index contributed by atoms with van der Waals surface area (Å²) in [5, 5.41) is 11.4. The van der Waals surface area contributed by atoms with Crippen molar-refractivity contribution in [2.24, 2.45) is 0 Å². The first kappa shape index (κ1) is 16.7. The molecule has 1 amide bonds. The number of carbonyl (C=O) groups is 2. The SMILES string of the molecule is CCC(C)(C)NC(=O)COc1ccc(C=CC(=O)O)nc1. The Labute approximate surface area is 123 Å². The van der Waals surface area contributed by atoms with Crippen molar-refractivity contribution >= 4 is 18.0 Å². The number of carboxylic acids is 1. The number of aromatic nitrogens is 1. The average Bonchev–Trinajstić information content (AvgIpc) is 2.43. The Morgan fingerprint density at radius 2 is 2.14 bits per heavy atom. The highest BCUT2D eigenvalue weighted by atomic mass is 16.5. The molecule has 1 rings (SSSR count). The number of carbonyl (C=O) groups excluding carboxylic acids is 1. The largest absolute Gasteiger partial charge is 0.482 e. The van der Waals surface area contributed by atoms with Crippen LogP contribution in [0.5, 0.6) is 5.75 Å². The van der Waals surface area contributed by atoms with Crippen LogP contribution in [0, 0.1) is 0 Å². The Kier molecular flexibility index (Phi) is 5.90. The molecule has 0 saturated carbocycles. The van der Waals surface area contributed by atoms with Gasteiger partial charge in [-0.3, -0.25) is 9.78 Å². The minimum absolute atomic E-state index is 0.0879. The third-order valence-electron chi connectivity index (χ3n) is 2.89. The summed E-state index contributed by atoms with van der Waals surface area (Å²) in [5.74, 6) is -0.782. The molecule has 1 aromatic rings. The normalized spacial score (nSPS) is 11.4. The van der Waals surface area contributed by atoms with Crippen molar-refractivity contribution in [3.8, 4) is 5.75 Å². The molecule has 114 valence electrons. The summed E-state index contributed by atoms with van der Waals surface area (Å²) < 4.78 is 5.32. The minimum Gasteiger partial charge on any atom is -0.482 e. The summed E-state index contributed by atoms with van der Waals surface area (Å²) in [6.07, 6.45) is 4.65. The van der Waals surface area contributed by atoms with E-state index in [0.717, 1.165) is 12.5 Å². The molecular formula is C15H20N2O4. The standard InChI is InChI=1S/C15H20N2O4/c1-4-15(2,3)17-13(18)10-21-12-7-5-11(16-9-12)6-8-14(19)20/h5-9H,4,10H2,1-3H3,(H,17,18)(H,19,20). The molecule has 0 radical (unpaired) electrons. The quantitative estimate of drug-likeness (QED) is 0.749. The molecule has 0 fully saturated rings. The van der Waals surface area contributed by atoms with Crippen molar-refractivity contribution < 1.29 is 19.4 Å². The van der Waals surface area contributed by atoms with Crippen molar-refractivity contribution in [1.29, 1.82) is 0 Å². The molecule has 0 atom stereocenters. The van der Waals surface area contributed by atoms with Crippen LogP contribution >= 0.6 is 0 Å². The van der Waals surface area contributed by atoms with E-state index in [9.17, 15) is 9.59 Å². The number of hydrogen-bond donors (Lipinski definition) is 2. The second-order valence-corrected chi connectivity index (χ2v) is 5.16. The van der Waals surface area contributed by atoms with Crippen molar-refractivity contribution in [3.63, 3.8) is 0 Å². The Bertz CT molecular complexity index is 521. The molecule has 21 heavy (non-hydrogen) atoms. The highest BCUT2D eigenvalue weighted by Crippen LogP contribution is 2.11. The number of hydrogen-bond acceptors (Lipinski definition) is 4. The van der Waals surface area contributed by atoms with E-state index in [1.54, 1.807) is 12.1 Å². The van der Waals surface area contributed by atoms with Crippen LogP contribution in [0.2, 0.25) is 0 Å². The molecule has 0 unspecified atom stereocenters. The first-order chi connectivity index (χ1) is 9.82. The molecule has 1 aromatic heterocycles. The number of ether oxygens (including phenoxy) is 1. The van der Waals surface area contributed by atoms with E-state index in [4.69, 9.17) is 9.84 Å². The number of rotatable bonds is 7. The van der Waals surface area contributed by atoms with E-state index < -0.39 is 5.97 Å². The summed E-state index contributed by atoms with van der Waals surface area (Å²) >= 11 is 0. The number of nitrogens with one attached hydrogen (secondary N) is 1. The third kappa shape index (κ3) is 6.56. The molecule has 2 N–H and O–H groups in total. The molecule has 0 saturated heterocycles. The zero-order chi connectivity index (χ0) is 15.9. The summed E-state index contributed by atoms with van der Waals surface area (Å²) in [5.41, 5.74) is 0.241. The summed E-state index contributed by atoms with van der Waals surface area (Å²) in [6, 6.07) is 3.25. The average molecular weight is 292 g/mol. The molecular weight excluding hydrogens is 272 g/mol. The molecule has 6 nitrogen and oxygen atoms in total. The molecule has 6 heteroatoms. The lowest BCUT2D eigenvalue weighted by Gasteiger charge is -2.24. The maximum atomic E-state index is 11.7. The smallest absolute Gasteiger partial charge is 0.328 e. The van der Waals surface area contributed by atoms with Gasteiger partial charge in [-0.25, -0.2) is 4.79 Å². The van der Waals surface area contributed by atoms with Gasteiger partial charge in [0.15, 0.2) is 6.61 Å². The maximum Gasteiger partial charge on any atom is 0.328 e. The van der Waals surface area contributed by atoms with Crippen LogP contribution in [0.4, 0.5) is 0 Å². The van der Waals surface area contributed by atoms with Gasteiger partial charge in [0, 0.05) is 11.6 Å². The van der Waals surface area contributed by atoms with Gasteiger partial charge >= 0.3 is 5.97 Å². The van der Waals surface area contributed by atoms with Crippen molar-refractivity contribution in [2.45, 2.75) is 32.7 Å². The Morgan fingerprint density at radius 3 is 2.67 bits per heavy atom. The van der Waals surface area contributed by atoms with Crippen LogP contribution < -0.4 is 10.1 Å². The fourth-order valence-corrected chi connectivity index (χ4v) is 1.38. The van der Waals surface area contributed by atoms with Crippen LogP contribution in [0.15, 0.2) is 24.4 Å². The van der Waals surface area contributed by atoms with Gasteiger partial charge in [-0.15, -0.1) is 0 Å². The lowest BCUT2D eigenvalue weighted by molar-refractivity contribution is -0.131. The van der Waals surface area contributed by atoms with E-state index >= 15 is 0 Å². The fraction of sp³-hybridized carbons (Fsp3) is 0.400. The number of pyridine rings is 1. The molecule has 0 aliphatic heterocycles. The first-order valence-corrected chi connectivity index (χ1v) is 6.63. The maximum absolute atomic E-state index is 11.7. The van der Waals surface area contributed by atoms with E-state index in [-0.39, 0.29) is 18.1 Å². The molecule has 1 heterocycles. The van der Waals surface area contributed by atoms with Gasteiger partial charge in [0.25, 0.3) is 5.91 Å². The molecule has 0 aromatic carbocycles. The van der Waals surface area contributed by atoms with E-state index in [0.29, 0.717) is 11.4 Å². The second kappa shape index (κ2) is 7.42. The van der Waals surface area contributed by atoms with E-state index in [1.165, 1.54) is 12.3 Å². The molecule has 0 aliphatic carbocycles. The van der Waals surface area contributed by atoms with Gasteiger partial charge in [-0.1, -0.05) is 6.92 Å². The monoisotopic (exact) mass is 292 g/mol. The molecule has 0 bridgehead atoms. The predicted molar refractivity (Wildman–Crippen MR) is 78.9 cm³/mol. The van der Waals surface area contributed by atoms with Crippen molar-refractivity contribution in [3.05, 3.63) is 30.1 Å². The Morgan fingerprint density at radius 1 is 1.43 bits per heavy atom. The zero-order valence-corrected chi connectivity index (χ0v) is 12.4. The van der Waals surface area contributed by atoms with Crippen molar-refractivity contribution in [2.75, 3.05) is 6.61 Å². The minimum atomic E-state index is -1.03. The van der Waals surface area contributed by atoms with Gasteiger partial charge < -0.3 is 15.2 Å². The molecule has 0 spiro atoms. The van der Waals surface area contributed by atoms with Gasteiger partial charge in [-0.2, -0.15) is 0 Å². The van der Waals surface area contributed by atoms with Crippen LogP contribution in [0.3, 0.4) is 0 Å². The Hall–Kier alpha value is -2.37. The van der Waals surface area contributed by atoms with Crippen LogP contribution in [0.25, 0.3) is 6.08 Å². The lowest BCUT2D eigenvalue weighted by atomic mass is 10.0. The predicted octanol–water partition coefficient (Wildman–Crippen LogP) is 1.86. The fourth-order valence-electron chi connectivity index (χ4n) is 1.38. The second-order valence-electron chi connectivity index (χ2n) is 5.16. The highest BCUT2D eigenvalue weighted by Gasteiger charge is 2.17. The van der Waals surface area contributed by atoms with Gasteiger partial charge in [0.2, 0.25) is 0 Å². The van der Waals surface area contributed by atoms with Gasteiger partial charge in [-0.05, 0) is 38.5 Å². The van der Waals surface area contributed by atoms with Gasteiger partial charge in [0.05, 0.1) is 11.9 Å². The zero-order valence-electron chi connectivity index (χ0n) is 12.4. The highest BCUT2D eigenvalue weighted by molar-refractivity contribution is 5.84. The van der Waals surface area contributed by atoms with E-state index in [1.807, 2.05) is 20.8 Å². The third-order valence-corrected chi connectivity index (χ3v) is 2.89.